The van der Waals surface area contributed by atoms with Crippen molar-refractivity contribution in [3.8, 4) is 0 Å². The van der Waals surface area contributed by atoms with Crippen LogP contribution in [0, 0.1) is 11.3 Å². The Bertz CT molecular complexity index is 318. The van der Waals surface area contributed by atoms with Gasteiger partial charge in [0.15, 0.2) is 0 Å². The van der Waals surface area contributed by atoms with Crippen molar-refractivity contribution in [1.82, 2.24) is 4.90 Å². The van der Waals surface area contributed by atoms with E-state index >= 15 is 0 Å². The molecule has 1 heterocycles. The number of carbonyl (C=O) groups excluding carboxylic acids is 2. The lowest BCUT2D eigenvalue weighted by Gasteiger charge is -2.58. The Morgan fingerprint density at radius 1 is 1.41 bits per heavy atom. The lowest BCUT2D eigenvalue weighted by atomic mass is 9.57. The molecule has 1 aliphatic heterocycles. The minimum absolute atomic E-state index is 0.207. The van der Waals surface area contributed by atoms with E-state index in [0.717, 1.165) is 32.2 Å². The van der Waals surface area contributed by atoms with Crippen LogP contribution in [0.2, 0.25) is 0 Å². The summed E-state index contributed by atoms with van der Waals surface area (Å²) in [5.74, 6) is 0.549. The van der Waals surface area contributed by atoms with Crippen LogP contribution in [-0.2, 0) is 9.53 Å². The van der Waals surface area contributed by atoms with Crippen LogP contribution < -0.4 is 0 Å². The molecule has 1 saturated carbocycles. The lowest BCUT2D eigenvalue weighted by molar-refractivity contribution is -0.117. The molecule has 0 bridgehead atoms. The Kier molecular flexibility index (Phi) is 2.92. The molecule has 2 rings (SSSR count). The van der Waals surface area contributed by atoms with Gasteiger partial charge in [-0.3, -0.25) is 0 Å². The highest BCUT2D eigenvalue weighted by molar-refractivity contribution is 5.69. The molecule has 0 radical (unpaired) electrons. The molecule has 0 atom stereocenters. The second-order valence-corrected chi connectivity index (χ2v) is 6.51. The third-order valence-corrected chi connectivity index (χ3v) is 3.58. The van der Waals surface area contributed by atoms with Gasteiger partial charge in [0.05, 0.1) is 0 Å². The number of hydrogen-bond donors (Lipinski definition) is 0. The monoisotopic (exact) mass is 239 g/mol. The number of amides is 1. The number of likely N-dealkylation sites (tertiary alicyclic amines) is 1. The van der Waals surface area contributed by atoms with Crippen molar-refractivity contribution in [2.24, 2.45) is 11.3 Å². The summed E-state index contributed by atoms with van der Waals surface area (Å²) in [6, 6.07) is 0. The second kappa shape index (κ2) is 4.00. The van der Waals surface area contributed by atoms with E-state index in [2.05, 4.69) is 0 Å². The third kappa shape index (κ3) is 2.61. The number of aldehydes is 1. The number of carbonyl (C=O) groups is 2. The molecule has 2 aliphatic rings. The summed E-state index contributed by atoms with van der Waals surface area (Å²) in [6.07, 6.45) is 3.65. The maximum absolute atomic E-state index is 11.7. The molecule has 1 spiro atoms. The number of rotatable bonds is 2. The van der Waals surface area contributed by atoms with Gasteiger partial charge in [0.2, 0.25) is 0 Å². The van der Waals surface area contributed by atoms with Gasteiger partial charge < -0.3 is 14.4 Å². The molecular weight excluding hydrogens is 218 g/mol. The van der Waals surface area contributed by atoms with Crippen LogP contribution in [0.1, 0.15) is 40.0 Å². The molecule has 17 heavy (non-hydrogen) atoms. The molecule has 4 nitrogen and oxygen atoms in total. The van der Waals surface area contributed by atoms with E-state index in [1.54, 1.807) is 4.90 Å². The topological polar surface area (TPSA) is 46.6 Å². The molecule has 1 amide bonds. The third-order valence-electron chi connectivity index (χ3n) is 3.58. The van der Waals surface area contributed by atoms with E-state index in [4.69, 9.17) is 4.74 Å². The predicted octanol–water partition coefficient (Wildman–Crippen LogP) is 2.22. The van der Waals surface area contributed by atoms with E-state index in [1.165, 1.54) is 0 Å². The van der Waals surface area contributed by atoms with Gasteiger partial charge in [-0.05, 0) is 39.5 Å². The number of hydrogen-bond acceptors (Lipinski definition) is 3. The molecule has 1 aliphatic carbocycles. The first kappa shape index (κ1) is 12.4. The standard InChI is InChI=1S/C13H21NO3/c1-12(2,3)17-11(16)14-8-13(9-14)6-10(7-13)4-5-15/h5,10H,4,6-9H2,1-3H3. The van der Waals surface area contributed by atoms with E-state index in [0.29, 0.717) is 17.8 Å². The van der Waals surface area contributed by atoms with Crippen molar-refractivity contribution in [1.29, 1.82) is 0 Å². The quantitative estimate of drug-likeness (QED) is 0.694. The smallest absolute Gasteiger partial charge is 0.410 e. The SMILES string of the molecule is CC(C)(C)OC(=O)N1CC2(CC(CC=O)C2)C1. The van der Waals surface area contributed by atoms with E-state index in [9.17, 15) is 9.59 Å². The highest BCUT2D eigenvalue weighted by Crippen LogP contribution is 2.52. The van der Waals surface area contributed by atoms with Gasteiger partial charge >= 0.3 is 6.09 Å². The van der Waals surface area contributed by atoms with Gasteiger partial charge in [0.1, 0.15) is 11.9 Å². The summed E-state index contributed by atoms with van der Waals surface area (Å²) in [7, 11) is 0. The maximum atomic E-state index is 11.7. The zero-order valence-electron chi connectivity index (χ0n) is 10.9. The van der Waals surface area contributed by atoms with Crippen molar-refractivity contribution in [2.45, 2.75) is 45.6 Å². The molecule has 2 fully saturated rings. The van der Waals surface area contributed by atoms with Gasteiger partial charge in [0.25, 0.3) is 0 Å². The van der Waals surface area contributed by atoms with Crippen LogP contribution in [0.15, 0.2) is 0 Å². The van der Waals surface area contributed by atoms with Crippen molar-refractivity contribution in [2.75, 3.05) is 13.1 Å². The molecule has 96 valence electrons. The highest BCUT2D eigenvalue weighted by atomic mass is 16.6. The first-order valence-corrected chi connectivity index (χ1v) is 6.25. The number of ether oxygens (including phenoxy) is 1. The maximum Gasteiger partial charge on any atom is 0.410 e. The van der Waals surface area contributed by atoms with Gasteiger partial charge in [0, 0.05) is 24.9 Å². The predicted molar refractivity (Wildman–Crippen MR) is 63.6 cm³/mol. The second-order valence-electron chi connectivity index (χ2n) is 6.51. The average Bonchev–Trinajstić information content (AvgIpc) is 2.03. The summed E-state index contributed by atoms with van der Waals surface area (Å²) in [6.45, 7) is 7.24. The van der Waals surface area contributed by atoms with Gasteiger partial charge in [-0.15, -0.1) is 0 Å². The fourth-order valence-corrected chi connectivity index (χ4v) is 2.94. The Labute approximate surface area is 102 Å². The summed E-state index contributed by atoms with van der Waals surface area (Å²) < 4.78 is 5.31. The molecule has 0 unspecified atom stereocenters. The summed E-state index contributed by atoms with van der Waals surface area (Å²) >= 11 is 0. The number of nitrogens with zero attached hydrogens (tertiary/aromatic N) is 1. The minimum Gasteiger partial charge on any atom is -0.444 e. The minimum atomic E-state index is -0.417. The van der Waals surface area contributed by atoms with Crippen LogP contribution in [0.3, 0.4) is 0 Å². The lowest BCUT2D eigenvalue weighted by Crippen LogP contribution is -2.64. The summed E-state index contributed by atoms with van der Waals surface area (Å²) in [5.41, 5.74) is -0.107. The fraction of sp³-hybridized carbons (Fsp3) is 0.846. The van der Waals surface area contributed by atoms with Crippen molar-refractivity contribution >= 4 is 12.4 Å². The first-order valence-electron chi connectivity index (χ1n) is 6.25. The van der Waals surface area contributed by atoms with Crippen LogP contribution in [0.4, 0.5) is 4.79 Å². The molecule has 0 aromatic carbocycles. The van der Waals surface area contributed by atoms with E-state index in [1.807, 2.05) is 20.8 Å². The van der Waals surface area contributed by atoms with Crippen molar-refractivity contribution in [3.63, 3.8) is 0 Å². The zero-order chi connectivity index (χ0) is 12.7. The highest BCUT2D eigenvalue weighted by Gasteiger charge is 2.53. The van der Waals surface area contributed by atoms with Crippen molar-refractivity contribution in [3.05, 3.63) is 0 Å². The van der Waals surface area contributed by atoms with Crippen LogP contribution in [0.25, 0.3) is 0 Å². The molecule has 1 saturated heterocycles. The van der Waals surface area contributed by atoms with E-state index in [-0.39, 0.29) is 6.09 Å². The largest absolute Gasteiger partial charge is 0.444 e. The van der Waals surface area contributed by atoms with E-state index < -0.39 is 5.60 Å². The zero-order valence-corrected chi connectivity index (χ0v) is 10.9. The van der Waals surface area contributed by atoms with Gasteiger partial charge in [-0.1, -0.05) is 0 Å². The Hall–Kier alpha value is -1.06. The molecule has 0 aromatic heterocycles. The van der Waals surface area contributed by atoms with Crippen LogP contribution in [0.5, 0.6) is 0 Å². The van der Waals surface area contributed by atoms with Crippen LogP contribution >= 0.6 is 0 Å². The normalized spacial score (nSPS) is 22.9. The Balaban J connectivity index is 1.73. The van der Waals surface area contributed by atoms with Gasteiger partial charge in [-0.25, -0.2) is 4.79 Å². The van der Waals surface area contributed by atoms with Gasteiger partial charge in [-0.2, -0.15) is 0 Å². The Morgan fingerprint density at radius 3 is 2.47 bits per heavy atom. The fourth-order valence-electron chi connectivity index (χ4n) is 2.94. The first-order chi connectivity index (χ1) is 7.84. The summed E-state index contributed by atoms with van der Waals surface area (Å²) in [5, 5.41) is 0. The van der Waals surface area contributed by atoms with Crippen molar-refractivity contribution < 1.29 is 14.3 Å². The molecule has 4 heteroatoms. The summed E-state index contributed by atoms with van der Waals surface area (Å²) in [4.78, 5) is 23.9. The van der Waals surface area contributed by atoms with Crippen LogP contribution in [-0.4, -0.2) is 36.0 Å². The average molecular weight is 239 g/mol. The molecule has 0 aromatic rings. The molecule has 0 N–H and O–H groups in total. The Morgan fingerprint density at radius 2 is 2.00 bits per heavy atom. The molecular formula is C13H21NO3.